The molecule has 0 heterocycles. The van der Waals surface area contributed by atoms with Crippen molar-refractivity contribution < 1.29 is 61.9 Å². The maximum atomic E-state index is 10.8. The molecule has 0 aliphatic heterocycles. The Morgan fingerprint density at radius 3 is 0.778 bits per heavy atom. The van der Waals surface area contributed by atoms with Gasteiger partial charge < -0.3 is 35.5 Å². The number of aromatic carboxylic acids is 4. The van der Waals surface area contributed by atoms with Crippen LogP contribution in [0.3, 0.4) is 0 Å². The van der Waals surface area contributed by atoms with Gasteiger partial charge in [0.05, 0.1) is 23.1 Å². The molecule has 0 aromatic heterocycles. The first-order chi connectivity index (χ1) is 25.2. The van der Waals surface area contributed by atoms with Crippen molar-refractivity contribution >= 4 is 67.0 Å². The van der Waals surface area contributed by atoms with Gasteiger partial charge in [-0.05, 0) is 55.2 Å². The van der Waals surface area contributed by atoms with E-state index in [2.05, 4.69) is 0 Å². The minimum atomic E-state index is -1.13. The molecule has 8 aromatic carbocycles. The van der Waals surface area contributed by atoms with Gasteiger partial charge in [-0.25, -0.2) is 9.59 Å². The summed E-state index contributed by atoms with van der Waals surface area (Å²) in [5.41, 5.74) is 1.22. The predicted molar refractivity (Wildman–Crippen MR) is 202 cm³/mol. The number of carboxylic acid groups (broad SMARTS) is 4. The summed E-state index contributed by atoms with van der Waals surface area (Å²) in [4.78, 5) is 43.0. The van der Waals surface area contributed by atoms with Gasteiger partial charge in [0.15, 0.2) is 0 Å². The van der Waals surface area contributed by atoms with E-state index in [9.17, 15) is 29.4 Å². The number of hydrogen-bond acceptors (Lipinski definition) is 6. The fraction of sp³-hybridized carbons (Fsp3) is 0. The summed E-state index contributed by atoms with van der Waals surface area (Å²) in [5, 5.41) is 46.0. The summed E-state index contributed by atoms with van der Waals surface area (Å²) < 4.78 is 0. The fourth-order valence-corrected chi connectivity index (χ4v) is 5.63. The van der Waals surface area contributed by atoms with Crippen LogP contribution in [-0.2, 0) is 16.8 Å². The molecule has 0 fully saturated rings. The van der Waals surface area contributed by atoms with Gasteiger partial charge in [-0.15, -0.1) is 0 Å². The second-order valence-electron chi connectivity index (χ2n) is 11.3. The van der Waals surface area contributed by atoms with Crippen LogP contribution in [0.15, 0.2) is 170 Å². The molecule has 0 atom stereocenters. The normalized spacial score (nSPS) is 9.78. The van der Waals surface area contributed by atoms with Gasteiger partial charge in [0, 0.05) is 11.1 Å². The third kappa shape index (κ3) is 10.1. The van der Waals surface area contributed by atoms with E-state index in [0.717, 1.165) is 43.1 Å². The van der Waals surface area contributed by atoms with Crippen LogP contribution in [0.4, 0.5) is 0 Å². The van der Waals surface area contributed by atoms with Crippen molar-refractivity contribution in [2.45, 2.75) is 0 Å². The molecule has 0 unspecified atom stereocenters. The van der Waals surface area contributed by atoms with Gasteiger partial charge in [-0.1, -0.05) is 158 Å². The molecule has 0 spiro atoms. The maximum Gasteiger partial charge on any atom is 2.00 e. The van der Waals surface area contributed by atoms with Crippen molar-refractivity contribution in [3.05, 3.63) is 192 Å². The van der Waals surface area contributed by atoms with Crippen molar-refractivity contribution in [1.29, 1.82) is 0 Å². The van der Waals surface area contributed by atoms with Crippen LogP contribution in [0.1, 0.15) is 41.4 Å². The predicted octanol–water partition coefficient (Wildman–Crippen LogP) is 6.66. The van der Waals surface area contributed by atoms with E-state index in [1.54, 1.807) is 60.7 Å². The van der Waals surface area contributed by atoms with E-state index < -0.39 is 23.9 Å². The number of hydrogen-bond donors (Lipinski definition) is 2. The van der Waals surface area contributed by atoms with E-state index in [4.69, 9.17) is 10.2 Å². The van der Waals surface area contributed by atoms with Crippen molar-refractivity contribution in [3.63, 3.8) is 0 Å². The molecular formula is C44H32CoO9. The van der Waals surface area contributed by atoms with Crippen LogP contribution in [0.25, 0.3) is 43.1 Å². The number of benzene rings is 8. The molecule has 0 aliphatic carbocycles. The van der Waals surface area contributed by atoms with Crippen LogP contribution in [0.5, 0.6) is 0 Å². The van der Waals surface area contributed by atoms with E-state index in [1.165, 1.54) is 0 Å². The first-order valence-electron chi connectivity index (χ1n) is 16.0. The molecule has 8 aromatic rings. The summed E-state index contributed by atoms with van der Waals surface area (Å²) in [7, 11) is 0. The van der Waals surface area contributed by atoms with Gasteiger partial charge >= 0.3 is 28.7 Å². The topological polar surface area (TPSA) is 186 Å². The molecule has 4 N–H and O–H groups in total. The molecule has 0 saturated heterocycles. The van der Waals surface area contributed by atoms with Crippen molar-refractivity contribution in [2.24, 2.45) is 0 Å². The van der Waals surface area contributed by atoms with Crippen LogP contribution < -0.4 is 10.2 Å². The van der Waals surface area contributed by atoms with E-state index in [0.29, 0.717) is 11.1 Å². The summed E-state index contributed by atoms with van der Waals surface area (Å²) in [6, 6.07) is 50.5. The van der Waals surface area contributed by atoms with Crippen molar-refractivity contribution in [2.75, 3.05) is 0 Å². The molecule has 8 rings (SSSR count). The summed E-state index contributed by atoms with van der Waals surface area (Å²) in [6.45, 7) is 0. The molecule has 1 radical (unpaired) electrons. The van der Waals surface area contributed by atoms with Gasteiger partial charge in [0.25, 0.3) is 0 Å². The largest absolute Gasteiger partial charge is 2.00 e. The number of carbonyl (C=O) groups is 4. The van der Waals surface area contributed by atoms with Gasteiger partial charge in [-0.3, -0.25) is 0 Å². The number of carboxylic acids is 4. The van der Waals surface area contributed by atoms with Crippen molar-refractivity contribution in [1.82, 2.24) is 0 Å². The van der Waals surface area contributed by atoms with Crippen molar-refractivity contribution in [3.8, 4) is 0 Å². The summed E-state index contributed by atoms with van der Waals surface area (Å²) >= 11 is 0. The average Bonchev–Trinajstić information content (AvgIpc) is 3.17. The van der Waals surface area contributed by atoms with Crippen LogP contribution in [-0.4, -0.2) is 39.6 Å². The Kier molecular flexibility index (Phi) is 15.1. The van der Waals surface area contributed by atoms with Crippen LogP contribution in [0.2, 0.25) is 0 Å². The Labute approximate surface area is 319 Å². The van der Waals surface area contributed by atoms with Gasteiger partial charge in [-0.2, -0.15) is 0 Å². The Bertz CT molecular complexity index is 2190. The van der Waals surface area contributed by atoms with E-state index in [-0.39, 0.29) is 33.4 Å². The molecular weight excluding hydrogens is 731 g/mol. The molecule has 10 heteroatoms. The van der Waals surface area contributed by atoms with Gasteiger partial charge in [0.1, 0.15) is 0 Å². The Morgan fingerprint density at radius 2 is 0.537 bits per heavy atom. The van der Waals surface area contributed by atoms with Crippen LogP contribution >= 0.6 is 0 Å². The minimum absolute atomic E-state index is 0. The summed E-state index contributed by atoms with van der Waals surface area (Å²) in [6.07, 6.45) is 0. The minimum Gasteiger partial charge on any atom is -0.545 e. The zero-order valence-electron chi connectivity index (χ0n) is 28.3. The molecule has 54 heavy (non-hydrogen) atoms. The quantitative estimate of drug-likeness (QED) is 0.199. The third-order valence-electron chi connectivity index (χ3n) is 8.06. The third-order valence-corrected chi connectivity index (χ3v) is 8.06. The Morgan fingerprint density at radius 1 is 0.333 bits per heavy atom. The second kappa shape index (κ2) is 19.7. The fourth-order valence-electron chi connectivity index (χ4n) is 5.63. The standard InChI is InChI=1S/4C11H8O2.Co.H2O/c4*12-11(13)10-7-3-5-8-4-1-2-6-9(8)10;;/h4*1-7H,(H,12,13);;1H2/q;;;;+2;/p-2. The number of carbonyl (C=O) groups excluding carboxylic acids is 2. The zero-order valence-corrected chi connectivity index (χ0v) is 29.4. The molecule has 9 nitrogen and oxygen atoms in total. The molecule has 0 bridgehead atoms. The SMILES string of the molecule is O.O=C(O)c1cccc2ccccc12.O=C(O)c1cccc2ccccc12.O=C([O-])c1cccc2ccccc12.O=C([O-])c1cccc2ccccc12.[Co+2]. The molecule has 0 saturated carbocycles. The van der Waals surface area contributed by atoms with E-state index >= 15 is 0 Å². The number of rotatable bonds is 4. The number of fused-ring (bicyclic) bond motifs is 4. The Balaban J connectivity index is 0.000000191. The van der Waals surface area contributed by atoms with E-state index in [1.807, 2.05) is 109 Å². The molecule has 0 aliphatic rings. The molecule has 0 amide bonds. The smallest absolute Gasteiger partial charge is 0.545 e. The summed E-state index contributed by atoms with van der Waals surface area (Å²) in [5.74, 6) is -4.01. The zero-order chi connectivity index (χ0) is 37.0. The Hall–Kier alpha value is -6.85. The average molecular weight is 764 g/mol. The van der Waals surface area contributed by atoms with Gasteiger partial charge in [0.2, 0.25) is 0 Å². The first kappa shape index (κ1) is 41.6. The van der Waals surface area contributed by atoms with Crippen LogP contribution in [0, 0.1) is 0 Å². The maximum absolute atomic E-state index is 10.8. The first-order valence-corrected chi connectivity index (χ1v) is 16.0. The molecule has 271 valence electrons. The monoisotopic (exact) mass is 763 g/mol. The second-order valence-corrected chi connectivity index (χ2v) is 11.3.